The van der Waals surface area contributed by atoms with Gasteiger partial charge in [0.2, 0.25) is 11.8 Å². The highest BCUT2D eigenvalue weighted by atomic mass is 19.4. The van der Waals surface area contributed by atoms with E-state index >= 15 is 0 Å². The third kappa shape index (κ3) is 4.81. The Kier molecular flexibility index (Phi) is 5.96. The maximum Gasteiger partial charge on any atom is 0.453 e. The highest BCUT2D eigenvalue weighted by Crippen LogP contribution is 2.27. The molecule has 0 aliphatic rings. The van der Waals surface area contributed by atoms with Crippen LogP contribution in [-0.4, -0.2) is 37.9 Å². The second-order valence-electron chi connectivity index (χ2n) is 7.16. The molecule has 0 aliphatic carbocycles. The number of fused-ring (bicyclic) bond motifs is 1. The number of nitrogens with zero attached hydrogens (tertiary/aromatic N) is 4. The van der Waals surface area contributed by atoms with Crippen molar-refractivity contribution in [3.63, 3.8) is 0 Å². The fourth-order valence-electron chi connectivity index (χ4n) is 3.07. The van der Waals surface area contributed by atoms with Gasteiger partial charge in [-0.3, -0.25) is 9.59 Å². The number of aryl methyl sites for hydroxylation is 3. The Morgan fingerprint density at radius 1 is 1.06 bits per heavy atom. The molecule has 0 fully saturated rings. The number of hydrogen-bond donors (Lipinski definition) is 2. The van der Waals surface area contributed by atoms with Crippen molar-refractivity contribution in [1.82, 2.24) is 24.9 Å². The van der Waals surface area contributed by atoms with E-state index in [0.717, 1.165) is 15.6 Å². The molecule has 31 heavy (non-hydrogen) atoms. The van der Waals surface area contributed by atoms with Crippen molar-refractivity contribution in [3.05, 3.63) is 52.1 Å². The van der Waals surface area contributed by atoms with E-state index in [1.807, 2.05) is 26.0 Å². The molecular weight excluding hydrogens is 413 g/mol. The van der Waals surface area contributed by atoms with Crippen LogP contribution in [0.2, 0.25) is 0 Å². The molecule has 0 atom stereocenters. The number of hydrogen-bond acceptors (Lipinski definition) is 5. The van der Waals surface area contributed by atoms with Gasteiger partial charge in [-0.2, -0.15) is 18.2 Å². The number of amides is 2. The van der Waals surface area contributed by atoms with Crippen molar-refractivity contribution in [1.29, 1.82) is 0 Å². The van der Waals surface area contributed by atoms with E-state index in [1.54, 1.807) is 13.0 Å². The summed E-state index contributed by atoms with van der Waals surface area (Å²) < 4.78 is 39.6. The van der Waals surface area contributed by atoms with Crippen molar-refractivity contribution < 1.29 is 22.8 Å². The quantitative estimate of drug-likeness (QED) is 0.643. The molecule has 0 unspecified atom stereocenters. The molecule has 0 bridgehead atoms. The summed E-state index contributed by atoms with van der Waals surface area (Å²) in [7, 11) is 0. The van der Waals surface area contributed by atoms with E-state index in [9.17, 15) is 22.8 Å². The largest absolute Gasteiger partial charge is 0.453 e. The van der Waals surface area contributed by atoms with Gasteiger partial charge < -0.3 is 10.6 Å². The lowest BCUT2D eigenvalue weighted by Gasteiger charge is -2.12. The normalized spacial score (nSPS) is 11.6. The van der Waals surface area contributed by atoms with Crippen molar-refractivity contribution in [2.24, 2.45) is 0 Å². The van der Waals surface area contributed by atoms with E-state index in [2.05, 4.69) is 25.7 Å². The molecule has 0 spiro atoms. The summed E-state index contributed by atoms with van der Waals surface area (Å²) in [4.78, 5) is 31.9. The number of benzene rings is 1. The molecule has 11 heteroatoms. The minimum absolute atomic E-state index is 0.168. The summed E-state index contributed by atoms with van der Waals surface area (Å²) in [5.74, 6) is -2.36. The van der Waals surface area contributed by atoms with Crippen LogP contribution in [0.4, 0.5) is 18.9 Å². The summed E-state index contributed by atoms with van der Waals surface area (Å²) in [5, 5.41) is 8.70. The third-order valence-corrected chi connectivity index (χ3v) is 4.96. The summed E-state index contributed by atoms with van der Waals surface area (Å²) in [6, 6.07) is 5.51. The molecule has 3 rings (SSSR count). The van der Waals surface area contributed by atoms with Gasteiger partial charge in [-0.15, -0.1) is 5.10 Å². The number of anilines is 1. The smallest absolute Gasteiger partial charge is 0.347 e. The highest BCUT2D eigenvalue weighted by molar-refractivity contribution is 5.95. The van der Waals surface area contributed by atoms with Gasteiger partial charge in [0.25, 0.3) is 11.6 Å². The molecule has 0 saturated carbocycles. The number of halogens is 3. The molecule has 164 valence electrons. The third-order valence-electron chi connectivity index (χ3n) is 4.96. The van der Waals surface area contributed by atoms with Crippen molar-refractivity contribution in [3.8, 4) is 0 Å². The molecule has 0 saturated heterocycles. The first-order chi connectivity index (χ1) is 14.5. The molecular formula is C20H21F3N6O2. The average Bonchev–Trinajstić information content (AvgIpc) is 3.12. The van der Waals surface area contributed by atoms with Crippen LogP contribution in [0.3, 0.4) is 0 Å². The molecule has 1 aromatic carbocycles. The molecule has 0 aliphatic heterocycles. The van der Waals surface area contributed by atoms with Crippen molar-refractivity contribution in [2.45, 2.75) is 40.3 Å². The van der Waals surface area contributed by atoms with Gasteiger partial charge in [0.1, 0.15) is 0 Å². The molecule has 2 amide bonds. The van der Waals surface area contributed by atoms with Gasteiger partial charge in [0.05, 0.1) is 13.0 Å². The van der Waals surface area contributed by atoms with Crippen LogP contribution in [0.25, 0.3) is 5.78 Å². The lowest BCUT2D eigenvalue weighted by atomic mass is 10.1. The maximum atomic E-state index is 12.9. The first-order valence-corrected chi connectivity index (χ1v) is 9.40. The Bertz CT molecular complexity index is 1170. The Morgan fingerprint density at radius 2 is 1.77 bits per heavy atom. The minimum atomic E-state index is -4.70. The lowest BCUT2D eigenvalue weighted by molar-refractivity contribution is -0.144. The van der Waals surface area contributed by atoms with Crippen molar-refractivity contribution in [2.75, 3.05) is 11.9 Å². The maximum absolute atomic E-state index is 12.9. The summed E-state index contributed by atoms with van der Waals surface area (Å²) >= 11 is 0. The topological polar surface area (TPSA) is 101 Å². The number of carbonyl (C=O) groups excluding carboxylic acids is 2. The zero-order valence-corrected chi connectivity index (χ0v) is 17.4. The number of alkyl halides is 3. The van der Waals surface area contributed by atoms with Gasteiger partial charge in [0.15, 0.2) is 0 Å². The van der Waals surface area contributed by atoms with Crippen LogP contribution >= 0.6 is 0 Å². The van der Waals surface area contributed by atoms with Crippen LogP contribution in [-0.2, 0) is 22.2 Å². The van der Waals surface area contributed by atoms with E-state index in [-0.39, 0.29) is 18.7 Å². The number of rotatable bonds is 5. The lowest BCUT2D eigenvalue weighted by Crippen LogP contribution is -2.34. The number of nitrogens with one attached hydrogen (secondary N) is 2. The Balaban J connectivity index is 1.68. The first kappa shape index (κ1) is 22.2. The van der Waals surface area contributed by atoms with Gasteiger partial charge >= 0.3 is 6.18 Å². The Morgan fingerprint density at radius 3 is 2.45 bits per heavy atom. The Hall–Kier alpha value is -3.50. The number of aromatic nitrogens is 4. The molecule has 2 aromatic heterocycles. The van der Waals surface area contributed by atoms with Gasteiger partial charge in [0, 0.05) is 22.6 Å². The molecule has 0 radical (unpaired) electrons. The Labute approximate surface area is 175 Å². The zero-order chi connectivity index (χ0) is 22.9. The van der Waals surface area contributed by atoms with E-state index in [4.69, 9.17) is 0 Å². The van der Waals surface area contributed by atoms with Crippen LogP contribution in [0.15, 0.2) is 18.2 Å². The van der Waals surface area contributed by atoms with Gasteiger partial charge in [-0.05, 0) is 44.9 Å². The average molecular weight is 434 g/mol. The van der Waals surface area contributed by atoms with Gasteiger partial charge in [-0.25, -0.2) is 9.50 Å². The fraction of sp³-hybridized carbons (Fsp3) is 0.350. The van der Waals surface area contributed by atoms with Crippen LogP contribution in [0, 0.1) is 27.7 Å². The monoisotopic (exact) mass is 434 g/mol. The zero-order valence-electron chi connectivity index (χ0n) is 17.4. The van der Waals surface area contributed by atoms with Crippen molar-refractivity contribution >= 4 is 23.3 Å². The summed E-state index contributed by atoms with van der Waals surface area (Å²) in [6.07, 6.45) is -4.87. The van der Waals surface area contributed by atoms with Crippen LogP contribution < -0.4 is 10.6 Å². The standard InChI is InChI=1S/C20H21F3N6O2/c1-10-6-5-7-15(11(10)2)26-17(31)9-24-16(30)8-14-12(3)25-19-27-18(20(21,22)23)28-29(19)13(14)4/h5-7H,8-9H2,1-4H3,(H,24,30)(H,26,31). The fourth-order valence-corrected chi connectivity index (χ4v) is 3.07. The van der Waals surface area contributed by atoms with Crippen LogP contribution in [0.5, 0.6) is 0 Å². The molecule has 8 nitrogen and oxygen atoms in total. The predicted octanol–water partition coefficient (Wildman–Crippen LogP) is 2.67. The molecule has 2 heterocycles. The molecule has 2 N–H and O–H groups in total. The van der Waals surface area contributed by atoms with Gasteiger partial charge in [-0.1, -0.05) is 12.1 Å². The summed E-state index contributed by atoms with van der Waals surface area (Å²) in [5.41, 5.74) is 3.71. The van der Waals surface area contributed by atoms with Crippen LogP contribution in [0.1, 0.15) is 33.9 Å². The highest BCUT2D eigenvalue weighted by Gasteiger charge is 2.37. The van der Waals surface area contributed by atoms with E-state index < -0.39 is 23.8 Å². The second kappa shape index (κ2) is 8.32. The summed E-state index contributed by atoms with van der Waals surface area (Å²) in [6.45, 7) is 6.67. The SMILES string of the molecule is Cc1cccc(NC(=O)CNC(=O)Cc2c(C)nc3nc(C(F)(F)F)nn3c2C)c1C. The van der Waals surface area contributed by atoms with E-state index in [0.29, 0.717) is 22.6 Å². The number of carbonyl (C=O) groups is 2. The minimum Gasteiger partial charge on any atom is -0.347 e. The first-order valence-electron chi connectivity index (χ1n) is 9.40. The second-order valence-corrected chi connectivity index (χ2v) is 7.16. The molecule has 3 aromatic rings. The predicted molar refractivity (Wildman–Crippen MR) is 107 cm³/mol. The van der Waals surface area contributed by atoms with E-state index in [1.165, 1.54) is 6.92 Å².